The molecule has 0 aliphatic carbocycles. The number of hydrogen-bond donors (Lipinski definition) is 0. The summed E-state index contributed by atoms with van der Waals surface area (Å²) in [4.78, 5) is 0. The first-order valence-electron chi connectivity index (χ1n) is 8.38. The molecule has 4 aromatic rings. The Kier molecular flexibility index (Phi) is 2.62. The zero-order valence-corrected chi connectivity index (χ0v) is 13.8. The molecule has 0 atom stereocenters. The molecule has 0 saturated carbocycles. The van der Waals surface area contributed by atoms with E-state index >= 15 is 0 Å². The zero-order chi connectivity index (χ0) is 16.3. The molecule has 1 heteroatoms. The van der Waals surface area contributed by atoms with Gasteiger partial charge in [0.25, 0.3) is 0 Å². The Morgan fingerprint density at radius 2 is 1.21 bits per heavy atom. The van der Waals surface area contributed by atoms with E-state index < -0.39 is 0 Å². The molecule has 5 rings (SSSR count). The van der Waals surface area contributed by atoms with Crippen LogP contribution in [0.3, 0.4) is 0 Å². The maximum atomic E-state index is 6.40. The zero-order valence-electron chi connectivity index (χ0n) is 13.8. The summed E-state index contributed by atoms with van der Waals surface area (Å²) in [6.45, 7) is 4.30. The Morgan fingerprint density at radius 1 is 0.625 bits per heavy atom. The molecule has 0 amide bonds. The Hall–Kier alpha value is -2.80. The van der Waals surface area contributed by atoms with Crippen molar-refractivity contribution in [2.75, 3.05) is 0 Å². The van der Waals surface area contributed by atoms with Gasteiger partial charge in [-0.3, -0.25) is 0 Å². The van der Waals surface area contributed by atoms with Crippen LogP contribution >= 0.6 is 0 Å². The molecule has 0 spiro atoms. The maximum Gasteiger partial charge on any atom is 0.129 e. The van der Waals surface area contributed by atoms with Crippen LogP contribution < -0.4 is 4.74 Å². The third kappa shape index (κ3) is 1.75. The average Bonchev–Trinajstić information content (AvgIpc) is 2.60. The molecule has 0 unspecified atom stereocenters. The topological polar surface area (TPSA) is 9.23 Å². The lowest BCUT2D eigenvalue weighted by molar-refractivity contribution is 0.106. The second-order valence-corrected chi connectivity index (χ2v) is 6.98. The molecule has 116 valence electrons. The highest BCUT2D eigenvalue weighted by Gasteiger charge is 2.34. The molecule has 1 aliphatic heterocycles. The lowest BCUT2D eigenvalue weighted by Gasteiger charge is -2.36. The van der Waals surface area contributed by atoms with Gasteiger partial charge in [0, 0.05) is 16.7 Å². The van der Waals surface area contributed by atoms with Gasteiger partial charge in [-0.25, -0.2) is 0 Å². The van der Waals surface area contributed by atoms with E-state index in [1.165, 1.54) is 38.2 Å². The van der Waals surface area contributed by atoms with E-state index in [1.807, 2.05) is 0 Å². The monoisotopic (exact) mass is 310 g/mol. The van der Waals surface area contributed by atoms with Crippen molar-refractivity contribution in [2.24, 2.45) is 0 Å². The Bertz CT molecular complexity index is 1110. The normalized spacial score (nSPS) is 14.9. The number of fused-ring (bicyclic) bond motifs is 7. The molecule has 0 aromatic heterocycles. The van der Waals surface area contributed by atoms with Gasteiger partial charge in [0.05, 0.1) is 0 Å². The molecule has 24 heavy (non-hydrogen) atoms. The van der Waals surface area contributed by atoms with Gasteiger partial charge in [0.15, 0.2) is 0 Å². The number of rotatable bonds is 0. The second-order valence-electron chi connectivity index (χ2n) is 6.98. The van der Waals surface area contributed by atoms with Crippen molar-refractivity contribution in [3.63, 3.8) is 0 Å². The summed E-state index contributed by atoms with van der Waals surface area (Å²) in [7, 11) is 0. The molecule has 1 aliphatic rings. The van der Waals surface area contributed by atoms with E-state index in [4.69, 9.17) is 4.74 Å². The molecule has 0 N–H and O–H groups in total. The van der Waals surface area contributed by atoms with E-state index in [2.05, 4.69) is 86.6 Å². The van der Waals surface area contributed by atoms with Crippen LogP contribution in [0.25, 0.3) is 32.7 Å². The van der Waals surface area contributed by atoms with Gasteiger partial charge in [0.1, 0.15) is 11.4 Å². The van der Waals surface area contributed by atoms with Crippen LogP contribution in [0.2, 0.25) is 0 Å². The van der Waals surface area contributed by atoms with Gasteiger partial charge in [0.2, 0.25) is 0 Å². The highest BCUT2D eigenvalue weighted by molar-refractivity contribution is 6.09. The smallest absolute Gasteiger partial charge is 0.129 e. The third-order valence-electron chi connectivity index (χ3n) is 5.08. The van der Waals surface area contributed by atoms with Crippen LogP contribution in [0.1, 0.15) is 19.4 Å². The minimum atomic E-state index is -0.338. The van der Waals surface area contributed by atoms with Gasteiger partial charge in [-0.2, -0.15) is 0 Å². The number of benzene rings is 4. The standard InChI is InChI=1S/C23H18O/c1-23(2)19-13-11-15-7-3-5-9-17(15)21(19)22-18-10-6-4-8-16(18)12-14-20(22)24-23/h3-14H,1-2H3. The molecule has 1 nitrogen and oxygen atoms in total. The van der Waals surface area contributed by atoms with Gasteiger partial charge in [-0.1, -0.05) is 66.7 Å². The maximum absolute atomic E-state index is 6.40. The number of ether oxygens (including phenoxy) is 1. The molecular weight excluding hydrogens is 292 g/mol. The Balaban J connectivity index is 2.02. The van der Waals surface area contributed by atoms with Gasteiger partial charge >= 0.3 is 0 Å². The quantitative estimate of drug-likeness (QED) is 0.371. The van der Waals surface area contributed by atoms with E-state index in [-0.39, 0.29) is 5.60 Å². The van der Waals surface area contributed by atoms with Crippen LogP contribution in [0.5, 0.6) is 5.75 Å². The average molecular weight is 310 g/mol. The van der Waals surface area contributed by atoms with Crippen LogP contribution in [-0.4, -0.2) is 0 Å². The summed E-state index contributed by atoms with van der Waals surface area (Å²) in [5.74, 6) is 0.975. The first kappa shape index (κ1) is 13.6. The predicted molar refractivity (Wildman–Crippen MR) is 101 cm³/mol. The minimum absolute atomic E-state index is 0.338. The summed E-state index contributed by atoms with van der Waals surface area (Å²) in [5.41, 5.74) is 3.45. The van der Waals surface area contributed by atoms with Gasteiger partial charge in [-0.05, 0) is 41.5 Å². The van der Waals surface area contributed by atoms with E-state index in [9.17, 15) is 0 Å². The van der Waals surface area contributed by atoms with Crippen LogP contribution in [-0.2, 0) is 5.60 Å². The molecular formula is C23H18O. The van der Waals surface area contributed by atoms with Crippen molar-refractivity contribution in [2.45, 2.75) is 19.4 Å². The number of hydrogen-bond acceptors (Lipinski definition) is 1. The Morgan fingerprint density at radius 3 is 1.92 bits per heavy atom. The van der Waals surface area contributed by atoms with E-state index in [0.717, 1.165) is 5.75 Å². The minimum Gasteiger partial charge on any atom is -0.482 e. The first-order valence-corrected chi connectivity index (χ1v) is 8.38. The lowest BCUT2D eigenvalue weighted by atomic mass is 9.81. The third-order valence-corrected chi connectivity index (χ3v) is 5.08. The molecule has 4 aromatic carbocycles. The highest BCUT2D eigenvalue weighted by atomic mass is 16.5. The summed E-state index contributed by atoms with van der Waals surface area (Å²) in [5, 5.41) is 5.07. The van der Waals surface area contributed by atoms with Crippen LogP contribution in [0.15, 0.2) is 72.8 Å². The van der Waals surface area contributed by atoms with Crippen molar-refractivity contribution >= 4 is 21.5 Å². The highest BCUT2D eigenvalue weighted by Crippen LogP contribution is 2.50. The summed E-state index contributed by atoms with van der Waals surface area (Å²) < 4.78 is 6.40. The fourth-order valence-corrected chi connectivity index (χ4v) is 3.97. The lowest BCUT2D eigenvalue weighted by Crippen LogP contribution is -2.29. The van der Waals surface area contributed by atoms with E-state index in [1.54, 1.807) is 0 Å². The Labute approximate surface area is 141 Å². The van der Waals surface area contributed by atoms with Gasteiger partial charge in [-0.15, -0.1) is 0 Å². The van der Waals surface area contributed by atoms with Crippen LogP contribution in [0, 0.1) is 0 Å². The first-order chi connectivity index (χ1) is 11.6. The molecule has 0 saturated heterocycles. The molecule has 0 bridgehead atoms. The fourth-order valence-electron chi connectivity index (χ4n) is 3.97. The fraction of sp³-hybridized carbons (Fsp3) is 0.130. The van der Waals surface area contributed by atoms with Gasteiger partial charge < -0.3 is 4.74 Å². The largest absolute Gasteiger partial charge is 0.482 e. The summed E-state index contributed by atoms with van der Waals surface area (Å²) >= 11 is 0. The van der Waals surface area contributed by atoms with E-state index in [0.29, 0.717) is 0 Å². The summed E-state index contributed by atoms with van der Waals surface area (Å²) in [6, 6.07) is 25.9. The molecule has 1 heterocycles. The van der Waals surface area contributed by atoms with Crippen molar-refractivity contribution in [1.29, 1.82) is 0 Å². The van der Waals surface area contributed by atoms with Crippen molar-refractivity contribution < 1.29 is 4.74 Å². The van der Waals surface area contributed by atoms with Crippen molar-refractivity contribution in [3.8, 4) is 16.9 Å². The second kappa shape index (κ2) is 4.61. The predicted octanol–water partition coefficient (Wildman–Crippen LogP) is 6.29. The summed E-state index contributed by atoms with van der Waals surface area (Å²) in [6.07, 6.45) is 0. The van der Waals surface area contributed by atoms with Crippen molar-refractivity contribution in [1.82, 2.24) is 0 Å². The van der Waals surface area contributed by atoms with Crippen LogP contribution in [0.4, 0.5) is 0 Å². The SMILES string of the molecule is CC1(C)Oc2ccc3ccccc3c2-c2c1ccc1ccccc21. The molecule has 0 fully saturated rings. The van der Waals surface area contributed by atoms with Crippen molar-refractivity contribution in [3.05, 3.63) is 78.4 Å². The molecule has 0 radical (unpaired) electrons.